The number of ether oxygens (including phenoxy) is 3. The summed E-state index contributed by atoms with van der Waals surface area (Å²) in [5.74, 6) is -1.05. The third-order valence-corrected chi connectivity index (χ3v) is 11.0. The zero-order valence-electron chi connectivity index (χ0n) is 45.2. The van der Waals surface area contributed by atoms with E-state index < -0.39 is 6.10 Å². The maximum absolute atomic E-state index is 12.8. The van der Waals surface area contributed by atoms with E-state index >= 15 is 0 Å². The van der Waals surface area contributed by atoms with E-state index in [9.17, 15) is 14.4 Å². The third kappa shape index (κ3) is 55.8. The van der Waals surface area contributed by atoms with Crippen molar-refractivity contribution in [1.29, 1.82) is 0 Å². The molecule has 0 aliphatic carbocycles. The molecule has 0 rings (SSSR count). The van der Waals surface area contributed by atoms with Crippen LogP contribution in [-0.4, -0.2) is 37.2 Å². The first-order valence-electron chi connectivity index (χ1n) is 28.0. The summed E-state index contributed by atoms with van der Waals surface area (Å²) in [5.41, 5.74) is 0. The molecular weight excluding hydrogens is 877 g/mol. The first-order valence-corrected chi connectivity index (χ1v) is 28.0. The van der Waals surface area contributed by atoms with Crippen molar-refractivity contribution in [1.82, 2.24) is 0 Å². The third-order valence-electron chi connectivity index (χ3n) is 11.0. The van der Waals surface area contributed by atoms with Gasteiger partial charge in [-0.25, -0.2) is 0 Å². The van der Waals surface area contributed by atoms with Gasteiger partial charge in [0.05, 0.1) is 0 Å². The molecule has 0 fully saturated rings. The van der Waals surface area contributed by atoms with Gasteiger partial charge >= 0.3 is 17.9 Å². The van der Waals surface area contributed by atoms with Gasteiger partial charge in [0.15, 0.2) is 6.10 Å². The predicted octanol–water partition coefficient (Wildman–Crippen LogP) is 19.0. The summed E-state index contributed by atoms with van der Waals surface area (Å²) >= 11 is 0. The van der Waals surface area contributed by atoms with Crippen molar-refractivity contribution in [3.8, 4) is 0 Å². The van der Waals surface area contributed by atoms with E-state index in [0.29, 0.717) is 19.3 Å². The number of hydrogen-bond donors (Lipinski definition) is 0. The molecule has 6 heteroatoms. The summed E-state index contributed by atoms with van der Waals surface area (Å²) in [6, 6.07) is 0. The van der Waals surface area contributed by atoms with Gasteiger partial charge in [0, 0.05) is 19.3 Å². The van der Waals surface area contributed by atoms with Gasteiger partial charge in [0.25, 0.3) is 0 Å². The predicted molar refractivity (Wildman–Crippen MR) is 306 cm³/mol. The molecule has 0 aromatic heterocycles. The zero-order valence-corrected chi connectivity index (χ0v) is 45.2. The topological polar surface area (TPSA) is 78.9 Å². The van der Waals surface area contributed by atoms with Crippen LogP contribution in [0.4, 0.5) is 0 Å². The highest BCUT2D eigenvalue weighted by atomic mass is 16.6. The average Bonchev–Trinajstić information content (AvgIpc) is 3.37. The number of hydrogen-bond acceptors (Lipinski definition) is 6. The van der Waals surface area contributed by atoms with Gasteiger partial charge in [-0.3, -0.25) is 14.4 Å². The molecule has 6 nitrogen and oxygen atoms in total. The lowest BCUT2D eigenvalue weighted by Gasteiger charge is -2.18. The number of carbonyl (C=O) groups excluding carboxylic acids is 3. The number of allylic oxidation sites excluding steroid dienone is 26. The number of rotatable bonds is 48. The molecule has 0 aromatic carbocycles. The summed E-state index contributed by atoms with van der Waals surface area (Å²) in [5, 5.41) is 0. The molecule has 0 unspecified atom stereocenters. The minimum Gasteiger partial charge on any atom is -0.462 e. The fraction of sp³-hybridized carbons (Fsp3) is 0.554. The van der Waals surface area contributed by atoms with Crippen LogP contribution in [0.5, 0.6) is 0 Å². The highest BCUT2D eigenvalue weighted by Gasteiger charge is 2.19. The first-order chi connectivity index (χ1) is 35.0. The highest BCUT2D eigenvalue weighted by Crippen LogP contribution is 2.11. The largest absolute Gasteiger partial charge is 0.462 e. The van der Waals surface area contributed by atoms with Gasteiger partial charge in [-0.05, 0) is 141 Å². The number of carbonyl (C=O) groups is 3. The van der Waals surface area contributed by atoms with Crippen LogP contribution in [0.2, 0.25) is 0 Å². The van der Waals surface area contributed by atoms with Crippen LogP contribution in [0.1, 0.15) is 213 Å². The van der Waals surface area contributed by atoms with Crippen LogP contribution < -0.4 is 0 Å². The van der Waals surface area contributed by atoms with Crippen molar-refractivity contribution in [2.24, 2.45) is 0 Å². The van der Waals surface area contributed by atoms with Crippen LogP contribution in [-0.2, 0) is 28.6 Å². The van der Waals surface area contributed by atoms with Crippen LogP contribution >= 0.6 is 0 Å². The lowest BCUT2D eigenvalue weighted by molar-refractivity contribution is -0.167. The van der Waals surface area contributed by atoms with Crippen LogP contribution in [0.25, 0.3) is 0 Å². The first kappa shape index (κ1) is 66.0. The minimum atomic E-state index is -0.840. The summed E-state index contributed by atoms with van der Waals surface area (Å²) in [6.07, 6.45) is 83.7. The molecule has 396 valence electrons. The maximum atomic E-state index is 12.8. The molecule has 0 heterocycles. The summed E-state index contributed by atoms with van der Waals surface area (Å²) in [6.45, 7) is 6.27. The Labute approximate surface area is 435 Å². The maximum Gasteiger partial charge on any atom is 0.306 e. The Morgan fingerprint density at radius 1 is 0.296 bits per heavy atom. The average molecular weight is 978 g/mol. The van der Waals surface area contributed by atoms with Crippen LogP contribution in [0, 0.1) is 0 Å². The lowest BCUT2D eigenvalue weighted by Crippen LogP contribution is -2.30. The molecule has 0 aromatic rings. The van der Waals surface area contributed by atoms with Crippen molar-refractivity contribution in [3.63, 3.8) is 0 Å². The summed E-state index contributed by atoms with van der Waals surface area (Å²) in [4.78, 5) is 38.1. The molecular formula is C65H100O6. The Balaban J connectivity index is 4.62. The van der Waals surface area contributed by atoms with Crippen molar-refractivity contribution in [3.05, 3.63) is 158 Å². The van der Waals surface area contributed by atoms with Crippen molar-refractivity contribution in [2.45, 2.75) is 219 Å². The Morgan fingerprint density at radius 3 is 0.901 bits per heavy atom. The molecule has 71 heavy (non-hydrogen) atoms. The molecule has 1 atom stereocenters. The van der Waals surface area contributed by atoms with Crippen LogP contribution in [0.3, 0.4) is 0 Å². The number of unbranched alkanes of at least 4 members (excludes halogenated alkanes) is 11. The molecule has 0 amide bonds. The molecule has 0 bridgehead atoms. The normalized spacial score (nSPS) is 13.3. The van der Waals surface area contributed by atoms with Gasteiger partial charge in [-0.15, -0.1) is 0 Å². The van der Waals surface area contributed by atoms with Crippen molar-refractivity contribution >= 4 is 17.9 Å². The van der Waals surface area contributed by atoms with E-state index in [-0.39, 0.29) is 37.5 Å². The van der Waals surface area contributed by atoms with E-state index in [1.807, 2.05) is 0 Å². The molecule has 0 saturated heterocycles. The smallest absolute Gasteiger partial charge is 0.306 e. The monoisotopic (exact) mass is 977 g/mol. The molecule has 0 aliphatic rings. The van der Waals surface area contributed by atoms with Crippen molar-refractivity contribution in [2.75, 3.05) is 13.2 Å². The quantitative estimate of drug-likeness (QED) is 0.0262. The van der Waals surface area contributed by atoms with Gasteiger partial charge < -0.3 is 14.2 Å². The second kappa shape index (κ2) is 57.6. The van der Waals surface area contributed by atoms with Gasteiger partial charge in [-0.2, -0.15) is 0 Å². The second-order valence-corrected chi connectivity index (χ2v) is 17.7. The van der Waals surface area contributed by atoms with Crippen LogP contribution in [0.15, 0.2) is 158 Å². The van der Waals surface area contributed by atoms with Gasteiger partial charge in [0.2, 0.25) is 0 Å². The minimum absolute atomic E-state index is 0.131. The Hall–Kier alpha value is -4.97. The summed E-state index contributed by atoms with van der Waals surface area (Å²) in [7, 11) is 0. The lowest BCUT2D eigenvalue weighted by atomic mass is 10.1. The van der Waals surface area contributed by atoms with E-state index in [0.717, 1.165) is 141 Å². The Kier molecular flexibility index (Phi) is 53.6. The van der Waals surface area contributed by atoms with E-state index in [1.165, 1.54) is 25.7 Å². The highest BCUT2D eigenvalue weighted by molar-refractivity contribution is 5.71. The van der Waals surface area contributed by atoms with Gasteiger partial charge in [0.1, 0.15) is 13.2 Å². The fourth-order valence-electron chi connectivity index (χ4n) is 6.86. The Morgan fingerprint density at radius 2 is 0.563 bits per heavy atom. The molecule has 0 radical (unpaired) electrons. The molecule has 0 aliphatic heterocycles. The SMILES string of the molecule is CC/C=C/C/C=C/C/C=C/C/C=C/C/C=C/CCCCCC(=O)OC[C@@H](COC(=O)CCCCCC/C=C/C/C=C/C/C=C/CCCCC)OC(=O)CCC/C=C/C/C=C/C/C=C/C/C=C/C/C=C/CC. The van der Waals surface area contributed by atoms with Gasteiger partial charge in [-0.1, -0.05) is 211 Å². The standard InChI is InChI=1S/C65H100O6/c1-4-7-10-13-16-19-22-25-28-31-32-35-37-40-43-46-49-52-55-58-64(67)70-61-62(71-65(68)59-56-53-50-47-44-41-38-34-30-27-24-21-18-15-12-9-6-3)60-69-63(66)57-54-51-48-45-42-39-36-33-29-26-23-20-17-14-11-8-5-2/h7,9-10,12,16-21,25-30,32,35-36,38-41,43,47,50,62H,4-6,8,11,13-15,22-24,31,33-34,37,42,44-46,48-49,51-61H2,1-3H3/b10-7+,12-9+,19-16+,20-17+,21-18+,28-25+,29-26+,30-27+,35-32+,39-36+,41-38+,43-40+,50-47+/t62-/m1/s1. The van der Waals surface area contributed by atoms with E-state index in [4.69, 9.17) is 14.2 Å². The molecule has 0 saturated carbocycles. The molecule has 0 spiro atoms. The Bertz CT molecular complexity index is 1640. The molecule has 0 N–H and O–H groups in total. The number of esters is 3. The second-order valence-electron chi connectivity index (χ2n) is 17.7. The fourth-order valence-corrected chi connectivity index (χ4v) is 6.86. The zero-order chi connectivity index (χ0) is 51.4. The van der Waals surface area contributed by atoms with E-state index in [1.54, 1.807) is 0 Å². The van der Waals surface area contributed by atoms with E-state index in [2.05, 4.69) is 179 Å². The summed E-state index contributed by atoms with van der Waals surface area (Å²) < 4.78 is 16.8. The van der Waals surface area contributed by atoms with Crippen molar-refractivity contribution < 1.29 is 28.6 Å².